The molecule has 1 aliphatic heterocycles. The van der Waals surface area contributed by atoms with Crippen LogP contribution in [0.3, 0.4) is 0 Å². The topological polar surface area (TPSA) is 75.5 Å². The SMILES string of the molecule is COC(=O)c1cc(-c2ccc(C#Cc3cccnc3)cc2)nc(N2CC(O)C2)c1. The Bertz CT molecular complexity index is 1080. The molecule has 1 N–H and O–H groups in total. The van der Waals surface area contributed by atoms with Gasteiger partial charge in [0.15, 0.2) is 0 Å². The average Bonchev–Trinajstić information content (AvgIpc) is 2.75. The van der Waals surface area contributed by atoms with Crippen LogP contribution in [-0.4, -0.2) is 47.3 Å². The van der Waals surface area contributed by atoms with Gasteiger partial charge in [-0.2, -0.15) is 0 Å². The number of nitrogens with zero attached hydrogens (tertiary/aromatic N) is 3. The third-order valence-corrected chi connectivity index (χ3v) is 4.61. The van der Waals surface area contributed by atoms with Gasteiger partial charge in [0, 0.05) is 42.2 Å². The quantitative estimate of drug-likeness (QED) is 0.552. The van der Waals surface area contributed by atoms with Crippen LogP contribution in [0.25, 0.3) is 11.3 Å². The molecular weight excluding hydrogens is 366 g/mol. The highest BCUT2D eigenvalue weighted by atomic mass is 16.5. The van der Waals surface area contributed by atoms with E-state index in [1.807, 2.05) is 41.3 Å². The predicted molar refractivity (Wildman–Crippen MR) is 109 cm³/mol. The van der Waals surface area contributed by atoms with Gasteiger partial charge in [0.2, 0.25) is 0 Å². The van der Waals surface area contributed by atoms with Crippen LogP contribution in [0.4, 0.5) is 5.82 Å². The number of aliphatic hydroxyl groups is 1. The zero-order valence-electron chi connectivity index (χ0n) is 15.9. The maximum absolute atomic E-state index is 12.1. The monoisotopic (exact) mass is 385 g/mol. The summed E-state index contributed by atoms with van der Waals surface area (Å²) in [5.74, 6) is 6.41. The molecule has 6 heteroatoms. The van der Waals surface area contributed by atoms with E-state index in [4.69, 9.17) is 4.74 Å². The minimum absolute atomic E-state index is 0.361. The Hall–Kier alpha value is -3.69. The highest BCUT2D eigenvalue weighted by Crippen LogP contribution is 2.26. The first-order valence-corrected chi connectivity index (χ1v) is 9.18. The number of aromatic nitrogens is 2. The van der Waals surface area contributed by atoms with Gasteiger partial charge in [-0.25, -0.2) is 9.78 Å². The number of esters is 1. The predicted octanol–water partition coefficient (Wildman–Crippen LogP) is 2.51. The molecule has 144 valence electrons. The average molecular weight is 385 g/mol. The van der Waals surface area contributed by atoms with Gasteiger partial charge in [-0.1, -0.05) is 24.0 Å². The summed E-state index contributed by atoms with van der Waals surface area (Å²) < 4.78 is 4.87. The Morgan fingerprint density at radius 1 is 1.14 bits per heavy atom. The number of hydrogen-bond acceptors (Lipinski definition) is 6. The molecule has 0 saturated carbocycles. The molecule has 0 atom stereocenters. The first-order chi connectivity index (χ1) is 14.1. The molecule has 2 aromatic heterocycles. The molecule has 1 aliphatic rings. The highest BCUT2D eigenvalue weighted by Gasteiger charge is 2.26. The van der Waals surface area contributed by atoms with Gasteiger partial charge < -0.3 is 14.7 Å². The van der Waals surface area contributed by atoms with Gasteiger partial charge in [-0.15, -0.1) is 0 Å². The fourth-order valence-corrected chi connectivity index (χ4v) is 3.01. The lowest BCUT2D eigenvalue weighted by atomic mass is 10.1. The Balaban J connectivity index is 1.62. The smallest absolute Gasteiger partial charge is 0.338 e. The number of benzene rings is 1. The molecular formula is C23H19N3O3. The Morgan fingerprint density at radius 3 is 2.55 bits per heavy atom. The van der Waals surface area contributed by atoms with Crippen molar-refractivity contribution < 1.29 is 14.6 Å². The second-order valence-electron chi connectivity index (χ2n) is 6.72. The van der Waals surface area contributed by atoms with Crippen LogP contribution in [0.15, 0.2) is 60.9 Å². The van der Waals surface area contributed by atoms with Crippen molar-refractivity contribution in [3.8, 4) is 23.1 Å². The molecule has 4 rings (SSSR count). The number of β-amino-alcohol motifs (C(OH)–C–C–N with tert-alkyl or cyclic N) is 1. The number of carbonyl (C=O) groups excluding carboxylic acids is 1. The van der Waals surface area contributed by atoms with Crippen molar-refractivity contribution in [3.05, 3.63) is 77.6 Å². The lowest BCUT2D eigenvalue weighted by Gasteiger charge is -2.37. The summed E-state index contributed by atoms with van der Waals surface area (Å²) in [6.45, 7) is 1.000. The van der Waals surface area contributed by atoms with Crippen LogP contribution in [0.2, 0.25) is 0 Å². The third-order valence-electron chi connectivity index (χ3n) is 4.61. The van der Waals surface area contributed by atoms with Crippen LogP contribution in [0.1, 0.15) is 21.5 Å². The number of ether oxygens (including phenoxy) is 1. The zero-order valence-corrected chi connectivity index (χ0v) is 15.9. The number of carbonyl (C=O) groups is 1. The summed E-state index contributed by atoms with van der Waals surface area (Å²) in [4.78, 5) is 22.7. The number of aliphatic hydroxyl groups excluding tert-OH is 1. The van der Waals surface area contributed by atoms with Gasteiger partial charge in [0.25, 0.3) is 0 Å². The van der Waals surface area contributed by atoms with Gasteiger partial charge in [-0.3, -0.25) is 4.98 Å². The molecule has 1 saturated heterocycles. The Labute approximate surface area is 168 Å². The highest BCUT2D eigenvalue weighted by molar-refractivity contribution is 5.91. The summed E-state index contributed by atoms with van der Waals surface area (Å²) in [7, 11) is 1.35. The first kappa shape index (κ1) is 18.7. The van der Waals surface area contributed by atoms with Crippen LogP contribution >= 0.6 is 0 Å². The van der Waals surface area contributed by atoms with E-state index in [0.29, 0.717) is 30.2 Å². The number of hydrogen-bond donors (Lipinski definition) is 1. The van der Waals surface area contributed by atoms with Crippen LogP contribution < -0.4 is 4.90 Å². The summed E-state index contributed by atoms with van der Waals surface area (Å²) in [5, 5.41) is 9.58. The van der Waals surface area contributed by atoms with E-state index in [0.717, 1.165) is 16.7 Å². The summed E-state index contributed by atoms with van der Waals surface area (Å²) >= 11 is 0. The molecule has 1 fully saturated rings. The maximum Gasteiger partial charge on any atom is 0.338 e. The van der Waals surface area contributed by atoms with Crippen LogP contribution in [-0.2, 0) is 4.74 Å². The van der Waals surface area contributed by atoms with Crippen LogP contribution in [0.5, 0.6) is 0 Å². The molecule has 3 aromatic rings. The third kappa shape index (κ3) is 4.26. The second kappa shape index (κ2) is 8.13. The fraction of sp³-hybridized carbons (Fsp3) is 0.174. The Morgan fingerprint density at radius 2 is 1.90 bits per heavy atom. The number of rotatable bonds is 3. The molecule has 29 heavy (non-hydrogen) atoms. The minimum atomic E-state index is -0.421. The van der Waals surface area contributed by atoms with E-state index < -0.39 is 5.97 Å². The van der Waals surface area contributed by atoms with Crippen molar-refractivity contribution in [2.24, 2.45) is 0 Å². The van der Waals surface area contributed by atoms with Gasteiger partial charge in [-0.05, 0) is 36.4 Å². The van der Waals surface area contributed by atoms with Crippen LogP contribution in [0, 0.1) is 11.8 Å². The lowest BCUT2D eigenvalue weighted by molar-refractivity contribution is 0.0600. The van der Waals surface area contributed by atoms with Crippen molar-refractivity contribution in [1.29, 1.82) is 0 Å². The second-order valence-corrected chi connectivity index (χ2v) is 6.72. The van der Waals surface area contributed by atoms with Gasteiger partial charge in [0.05, 0.1) is 24.5 Å². The van der Waals surface area contributed by atoms with E-state index in [9.17, 15) is 9.90 Å². The molecule has 0 spiro atoms. The van der Waals surface area contributed by atoms with E-state index >= 15 is 0 Å². The van der Waals surface area contributed by atoms with Crippen molar-refractivity contribution in [2.75, 3.05) is 25.1 Å². The standard InChI is InChI=1S/C23H19N3O3/c1-29-23(28)19-11-21(25-22(12-19)26-14-20(27)15-26)18-8-6-16(7-9-18)4-5-17-3-2-10-24-13-17/h2-3,6-13,20,27H,14-15H2,1H3. The van der Waals surface area contributed by atoms with Crippen molar-refractivity contribution in [2.45, 2.75) is 6.10 Å². The fourth-order valence-electron chi connectivity index (χ4n) is 3.01. The number of methoxy groups -OCH3 is 1. The van der Waals surface area contributed by atoms with Gasteiger partial charge >= 0.3 is 5.97 Å². The number of pyridine rings is 2. The minimum Gasteiger partial charge on any atom is -0.465 e. The van der Waals surface area contributed by atoms with E-state index in [1.54, 1.807) is 24.5 Å². The molecule has 0 unspecified atom stereocenters. The van der Waals surface area contributed by atoms with Gasteiger partial charge in [0.1, 0.15) is 5.82 Å². The largest absolute Gasteiger partial charge is 0.465 e. The molecule has 1 aromatic carbocycles. The summed E-state index contributed by atoms with van der Waals surface area (Å²) in [6, 6.07) is 14.8. The Kier molecular flexibility index (Phi) is 5.23. The molecule has 3 heterocycles. The van der Waals surface area contributed by atoms with E-state index in [2.05, 4.69) is 21.8 Å². The molecule has 0 bridgehead atoms. The summed E-state index contributed by atoms with van der Waals surface area (Å²) in [6.07, 6.45) is 3.07. The van der Waals surface area contributed by atoms with Crippen molar-refractivity contribution >= 4 is 11.8 Å². The first-order valence-electron chi connectivity index (χ1n) is 9.18. The van der Waals surface area contributed by atoms with Crippen molar-refractivity contribution in [1.82, 2.24) is 9.97 Å². The van der Waals surface area contributed by atoms with Crippen molar-refractivity contribution in [3.63, 3.8) is 0 Å². The van der Waals surface area contributed by atoms with E-state index in [-0.39, 0.29) is 6.10 Å². The van der Waals surface area contributed by atoms with E-state index in [1.165, 1.54) is 7.11 Å². The number of anilines is 1. The lowest BCUT2D eigenvalue weighted by Crippen LogP contribution is -2.51. The molecule has 6 nitrogen and oxygen atoms in total. The normalized spacial score (nSPS) is 13.2. The zero-order chi connectivity index (χ0) is 20.2. The molecule has 0 radical (unpaired) electrons. The molecule has 0 amide bonds. The maximum atomic E-state index is 12.1. The summed E-state index contributed by atoms with van der Waals surface area (Å²) in [5.41, 5.74) is 3.67. The molecule has 0 aliphatic carbocycles.